The van der Waals surface area contributed by atoms with Crippen molar-refractivity contribution in [1.29, 1.82) is 0 Å². The summed E-state index contributed by atoms with van der Waals surface area (Å²) in [5, 5.41) is 3.73. The van der Waals surface area contributed by atoms with E-state index in [-0.39, 0.29) is 0 Å². The van der Waals surface area contributed by atoms with Crippen molar-refractivity contribution in [2.24, 2.45) is 0 Å². The average Bonchev–Trinajstić information content (AvgIpc) is 2.78. The molecule has 0 aliphatic rings. The first-order chi connectivity index (χ1) is 15.3. The SMILES string of the molecule is CCCCCCCCCNCCN(CCCCCCCCC)CCCCCCCCC. The van der Waals surface area contributed by atoms with Crippen LogP contribution in [-0.4, -0.2) is 37.6 Å². The molecule has 31 heavy (non-hydrogen) atoms. The van der Waals surface area contributed by atoms with Gasteiger partial charge in [-0.2, -0.15) is 0 Å². The van der Waals surface area contributed by atoms with Crippen molar-refractivity contribution in [2.45, 2.75) is 156 Å². The van der Waals surface area contributed by atoms with Gasteiger partial charge in [0.05, 0.1) is 0 Å². The van der Waals surface area contributed by atoms with Crippen molar-refractivity contribution in [3.05, 3.63) is 0 Å². The van der Waals surface area contributed by atoms with E-state index < -0.39 is 0 Å². The first kappa shape index (κ1) is 30.9. The van der Waals surface area contributed by atoms with Gasteiger partial charge in [-0.05, 0) is 38.9 Å². The van der Waals surface area contributed by atoms with E-state index in [1.165, 1.54) is 168 Å². The highest BCUT2D eigenvalue weighted by Gasteiger charge is 2.05. The Kier molecular flexibility index (Phi) is 27.9. The molecule has 2 nitrogen and oxygen atoms in total. The molecular formula is C29H62N2. The molecule has 1 N–H and O–H groups in total. The van der Waals surface area contributed by atoms with Crippen molar-refractivity contribution in [3.8, 4) is 0 Å². The fraction of sp³-hybridized carbons (Fsp3) is 1.00. The minimum atomic E-state index is 1.18. The third-order valence-electron chi connectivity index (χ3n) is 6.72. The fourth-order valence-electron chi connectivity index (χ4n) is 4.49. The van der Waals surface area contributed by atoms with Crippen LogP contribution in [0.15, 0.2) is 0 Å². The monoisotopic (exact) mass is 438 g/mol. The lowest BCUT2D eigenvalue weighted by atomic mass is 10.1. The molecule has 0 rings (SSSR count). The highest BCUT2D eigenvalue weighted by atomic mass is 15.1. The molecule has 0 aromatic rings. The van der Waals surface area contributed by atoms with Crippen LogP contribution in [0.1, 0.15) is 156 Å². The van der Waals surface area contributed by atoms with E-state index in [0.717, 1.165) is 0 Å². The van der Waals surface area contributed by atoms with Crippen LogP contribution in [-0.2, 0) is 0 Å². The quantitative estimate of drug-likeness (QED) is 0.129. The topological polar surface area (TPSA) is 15.3 Å². The van der Waals surface area contributed by atoms with Crippen molar-refractivity contribution < 1.29 is 0 Å². The molecule has 0 radical (unpaired) electrons. The Balaban J connectivity index is 3.79. The average molecular weight is 439 g/mol. The zero-order chi connectivity index (χ0) is 22.7. The summed E-state index contributed by atoms with van der Waals surface area (Å²) in [4.78, 5) is 2.76. The van der Waals surface area contributed by atoms with E-state index in [1.807, 2.05) is 0 Å². The van der Waals surface area contributed by atoms with Crippen LogP contribution in [0.4, 0.5) is 0 Å². The number of nitrogens with one attached hydrogen (secondary N) is 1. The zero-order valence-corrected chi connectivity index (χ0v) is 22.3. The number of unbranched alkanes of at least 4 members (excludes halogenated alkanes) is 18. The van der Waals surface area contributed by atoms with E-state index in [4.69, 9.17) is 0 Å². The minimum Gasteiger partial charge on any atom is -0.315 e. The number of rotatable bonds is 27. The summed E-state index contributed by atoms with van der Waals surface area (Å²) < 4.78 is 0. The maximum Gasteiger partial charge on any atom is 0.0107 e. The molecule has 0 aromatic carbocycles. The Morgan fingerprint density at radius 2 is 0.710 bits per heavy atom. The van der Waals surface area contributed by atoms with Gasteiger partial charge in [0.25, 0.3) is 0 Å². The Labute approximate surface area is 198 Å². The first-order valence-corrected chi connectivity index (χ1v) is 14.8. The number of hydrogen-bond acceptors (Lipinski definition) is 2. The van der Waals surface area contributed by atoms with E-state index in [0.29, 0.717) is 0 Å². The summed E-state index contributed by atoms with van der Waals surface area (Å²) in [7, 11) is 0. The summed E-state index contributed by atoms with van der Waals surface area (Å²) in [5.74, 6) is 0. The first-order valence-electron chi connectivity index (χ1n) is 14.8. The molecule has 0 bridgehead atoms. The van der Waals surface area contributed by atoms with Crippen LogP contribution in [0, 0.1) is 0 Å². The maximum absolute atomic E-state index is 3.73. The van der Waals surface area contributed by atoms with Gasteiger partial charge in [0.2, 0.25) is 0 Å². The van der Waals surface area contributed by atoms with Gasteiger partial charge >= 0.3 is 0 Å². The second-order valence-corrected chi connectivity index (χ2v) is 9.96. The highest BCUT2D eigenvalue weighted by Crippen LogP contribution is 2.10. The summed E-state index contributed by atoms with van der Waals surface area (Å²) in [6.45, 7) is 13.2. The predicted molar refractivity (Wildman–Crippen MR) is 143 cm³/mol. The van der Waals surface area contributed by atoms with Crippen LogP contribution < -0.4 is 5.32 Å². The van der Waals surface area contributed by atoms with E-state index >= 15 is 0 Å². The number of hydrogen-bond donors (Lipinski definition) is 1. The van der Waals surface area contributed by atoms with Crippen LogP contribution in [0.5, 0.6) is 0 Å². The lowest BCUT2D eigenvalue weighted by Gasteiger charge is -2.22. The fourth-order valence-corrected chi connectivity index (χ4v) is 4.49. The molecule has 0 aliphatic carbocycles. The molecule has 0 amide bonds. The summed E-state index contributed by atoms with van der Waals surface area (Å²) >= 11 is 0. The van der Waals surface area contributed by atoms with Crippen LogP contribution in [0.3, 0.4) is 0 Å². The molecule has 2 heteroatoms. The number of nitrogens with zero attached hydrogens (tertiary/aromatic N) is 1. The molecule has 0 saturated carbocycles. The van der Waals surface area contributed by atoms with E-state index in [1.54, 1.807) is 0 Å². The third-order valence-corrected chi connectivity index (χ3v) is 6.72. The van der Waals surface area contributed by atoms with Crippen molar-refractivity contribution in [3.63, 3.8) is 0 Å². The molecule has 0 spiro atoms. The summed E-state index contributed by atoms with van der Waals surface area (Å²) in [5.41, 5.74) is 0. The molecule has 0 aromatic heterocycles. The van der Waals surface area contributed by atoms with Crippen LogP contribution in [0.25, 0.3) is 0 Å². The molecule has 0 heterocycles. The van der Waals surface area contributed by atoms with Gasteiger partial charge in [-0.15, -0.1) is 0 Å². The van der Waals surface area contributed by atoms with Gasteiger partial charge in [0, 0.05) is 13.1 Å². The van der Waals surface area contributed by atoms with Gasteiger partial charge in [-0.1, -0.05) is 136 Å². The van der Waals surface area contributed by atoms with Crippen molar-refractivity contribution in [2.75, 3.05) is 32.7 Å². The Bertz CT molecular complexity index is 287. The second-order valence-electron chi connectivity index (χ2n) is 9.96. The molecule has 188 valence electrons. The second kappa shape index (κ2) is 28.0. The normalized spacial score (nSPS) is 11.6. The van der Waals surface area contributed by atoms with Gasteiger partial charge < -0.3 is 10.2 Å². The van der Waals surface area contributed by atoms with Crippen molar-refractivity contribution in [1.82, 2.24) is 10.2 Å². The van der Waals surface area contributed by atoms with Gasteiger partial charge in [-0.25, -0.2) is 0 Å². The highest BCUT2D eigenvalue weighted by molar-refractivity contribution is 4.62. The van der Waals surface area contributed by atoms with Crippen LogP contribution in [0.2, 0.25) is 0 Å². The standard InChI is InChI=1S/C29H62N2/c1-4-7-10-13-16-19-22-25-30-26-29-31(27-23-20-17-14-11-8-5-2)28-24-21-18-15-12-9-6-3/h30H,4-29H2,1-3H3. The summed E-state index contributed by atoms with van der Waals surface area (Å²) in [6.07, 6.45) is 29.8. The predicted octanol–water partition coefficient (Wildman–Crippen LogP) is 9.13. The Morgan fingerprint density at radius 1 is 0.355 bits per heavy atom. The van der Waals surface area contributed by atoms with E-state index in [2.05, 4.69) is 31.0 Å². The maximum atomic E-state index is 3.73. The molecule has 0 aliphatic heterocycles. The molecule has 0 fully saturated rings. The van der Waals surface area contributed by atoms with Gasteiger partial charge in [0.15, 0.2) is 0 Å². The lowest BCUT2D eigenvalue weighted by Crippen LogP contribution is -2.34. The zero-order valence-electron chi connectivity index (χ0n) is 22.3. The van der Waals surface area contributed by atoms with Crippen LogP contribution >= 0.6 is 0 Å². The van der Waals surface area contributed by atoms with Gasteiger partial charge in [-0.3, -0.25) is 0 Å². The smallest absolute Gasteiger partial charge is 0.0107 e. The van der Waals surface area contributed by atoms with Crippen molar-refractivity contribution >= 4 is 0 Å². The third kappa shape index (κ3) is 26.1. The molecule has 0 saturated heterocycles. The molecule has 0 atom stereocenters. The molecular weight excluding hydrogens is 376 g/mol. The molecule has 0 unspecified atom stereocenters. The summed E-state index contributed by atoms with van der Waals surface area (Å²) in [6, 6.07) is 0. The minimum absolute atomic E-state index is 1.18. The Hall–Kier alpha value is -0.0800. The van der Waals surface area contributed by atoms with E-state index in [9.17, 15) is 0 Å². The Morgan fingerprint density at radius 3 is 1.13 bits per heavy atom. The lowest BCUT2D eigenvalue weighted by molar-refractivity contribution is 0.259. The largest absolute Gasteiger partial charge is 0.315 e. The van der Waals surface area contributed by atoms with Gasteiger partial charge in [0.1, 0.15) is 0 Å².